The van der Waals surface area contributed by atoms with Crippen LogP contribution in [-0.4, -0.2) is 52.4 Å². The number of ether oxygens (including phenoxy) is 3. The van der Waals surface area contributed by atoms with Gasteiger partial charge in [0, 0.05) is 18.2 Å². The highest BCUT2D eigenvalue weighted by Gasteiger charge is 2.19. The summed E-state index contributed by atoms with van der Waals surface area (Å²) in [5, 5.41) is 7.06. The first-order chi connectivity index (χ1) is 21.1. The van der Waals surface area contributed by atoms with Gasteiger partial charge in [0.05, 0.1) is 33.7 Å². The number of fused-ring (bicyclic) bond motifs is 1. The second-order valence-electron chi connectivity index (χ2n) is 11.0. The van der Waals surface area contributed by atoms with Gasteiger partial charge in [-0.2, -0.15) is 9.97 Å². The summed E-state index contributed by atoms with van der Waals surface area (Å²) in [5.41, 5.74) is 3.56. The minimum Gasteiger partial charge on any atom is -0.497 e. The smallest absolute Gasteiger partial charge is 0.305 e. The van der Waals surface area contributed by atoms with E-state index in [0.717, 1.165) is 78.3 Å². The molecule has 10 nitrogen and oxygen atoms in total. The number of imidazole rings is 1. The molecule has 0 aliphatic heterocycles. The van der Waals surface area contributed by atoms with Gasteiger partial charge in [0.2, 0.25) is 5.95 Å². The van der Waals surface area contributed by atoms with Gasteiger partial charge in [-0.15, -0.1) is 0 Å². The number of rotatable bonds is 15. The number of benzene rings is 2. The summed E-state index contributed by atoms with van der Waals surface area (Å²) in [5.74, 6) is 2.78. The van der Waals surface area contributed by atoms with Gasteiger partial charge in [-0.05, 0) is 67.6 Å². The van der Waals surface area contributed by atoms with E-state index in [1.54, 1.807) is 7.11 Å². The Hall–Kier alpha value is -4.34. The summed E-state index contributed by atoms with van der Waals surface area (Å²) in [4.78, 5) is 25.7. The maximum Gasteiger partial charge on any atom is 0.305 e. The van der Waals surface area contributed by atoms with Crippen molar-refractivity contribution in [2.75, 3.05) is 31.5 Å². The molecule has 0 atom stereocenters. The Morgan fingerprint density at radius 3 is 2.40 bits per heavy atom. The molecule has 0 bridgehead atoms. The third kappa shape index (κ3) is 8.59. The van der Waals surface area contributed by atoms with Crippen LogP contribution in [0, 0.1) is 0 Å². The van der Waals surface area contributed by atoms with Crippen molar-refractivity contribution < 1.29 is 19.0 Å². The molecule has 1 fully saturated rings. The molecule has 0 amide bonds. The predicted octanol–water partition coefficient (Wildman–Crippen LogP) is 6.87. The van der Waals surface area contributed by atoms with E-state index in [1.807, 2.05) is 42.7 Å². The third-order valence-corrected chi connectivity index (χ3v) is 7.80. The lowest BCUT2D eigenvalue weighted by molar-refractivity contribution is -0.140. The Morgan fingerprint density at radius 2 is 1.65 bits per heavy atom. The monoisotopic (exact) mass is 586 g/mol. The highest BCUT2D eigenvalue weighted by molar-refractivity contribution is 5.85. The zero-order valence-corrected chi connectivity index (χ0v) is 25.2. The number of nitrogens with zero attached hydrogens (tertiary/aromatic N) is 4. The van der Waals surface area contributed by atoms with Gasteiger partial charge in [0.25, 0.3) is 0 Å². The number of nitrogens with one attached hydrogen (secondary N) is 2. The van der Waals surface area contributed by atoms with E-state index in [-0.39, 0.29) is 5.97 Å². The van der Waals surface area contributed by atoms with Gasteiger partial charge < -0.3 is 29.4 Å². The molecule has 5 rings (SSSR count). The number of aromatic nitrogens is 4. The molecule has 2 aromatic carbocycles. The minimum absolute atomic E-state index is 0.147. The molecule has 0 spiro atoms. The fourth-order valence-corrected chi connectivity index (χ4v) is 5.37. The van der Waals surface area contributed by atoms with Crippen LogP contribution < -0.4 is 20.1 Å². The fourth-order valence-electron chi connectivity index (χ4n) is 5.37. The number of esters is 1. The van der Waals surface area contributed by atoms with Crippen LogP contribution in [0.5, 0.6) is 11.5 Å². The normalized spacial score (nSPS) is 13.5. The van der Waals surface area contributed by atoms with Gasteiger partial charge in [0.15, 0.2) is 17.0 Å². The highest BCUT2D eigenvalue weighted by atomic mass is 16.5. The number of carbonyl (C=O) groups excluding carboxylic acids is 1. The third-order valence-electron chi connectivity index (χ3n) is 7.80. The molecular weight excluding hydrogens is 544 g/mol. The molecule has 0 saturated heterocycles. The van der Waals surface area contributed by atoms with Gasteiger partial charge >= 0.3 is 5.97 Å². The van der Waals surface area contributed by atoms with Crippen LogP contribution in [-0.2, 0) is 16.1 Å². The second kappa shape index (κ2) is 15.2. The first-order valence-corrected chi connectivity index (χ1v) is 15.3. The molecule has 0 unspecified atom stereocenters. The second-order valence-corrected chi connectivity index (χ2v) is 11.0. The van der Waals surface area contributed by atoms with Crippen molar-refractivity contribution in [3.63, 3.8) is 0 Å². The Balaban J connectivity index is 1.25. The van der Waals surface area contributed by atoms with Crippen LogP contribution in [0.4, 0.5) is 17.5 Å². The Morgan fingerprint density at radius 1 is 0.907 bits per heavy atom. The first kappa shape index (κ1) is 30.1. The molecule has 228 valence electrons. The molecular formula is C33H42N6O4. The van der Waals surface area contributed by atoms with Crippen LogP contribution in [0.25, 0.3) is 11.2 Å². The van der Waals surface area contributed by atoms with Gasteiger partial charge in [-0.25, -0.2) is 4.98 Å². The average Bonchev–Trinajstić information content (AvgIpc) is 3.44. The molecule has 1 saturated carbocycles. The summed E-state index contributed by atoms with van der Waals surface area (Å²) >= 11 is 0. The highest BCUT2D eigenvalue weighted by Crippen LogP contribution is 2.28. The molecule has 43 heavy (non-hydrogen) atoms. The van der Waals surface area contributed by atoms with Crippen molar-refractivity contribution in [3.05, 3.63) is 60.4 Å². The van der Waals surface area contributed by atoms with E-state index in [2.05, 4.69) is 32.1 Å². The lowest BCUT2D eigenvalue weighted by Gasteiger charge is -2.23. The van der Waals surface area contributed by atoms with Crippen molar-refractivity contribution in [1.29, 1.82) is 0 Å². The molecule has 0 radical (unpaired) electrons. The first-order valence-electron chi connectivity index (χ1n) is 15.3. The SMILES string of the molecule is COC(=O)CCCCCCOc1ccc(Nc2nc(NC3CCCCC3)c3ncn(Cc4ccc(OC)cc4)c3n2)cc1. The zero-order chi connectivity index (χ0) is 29.9. The van der Waals surface area contributed by atoms with Crippen LogP contribution in [0.15, 0.2) is 54.9 Å². The molecule has 4 aromatic rings. The average molecular weight is 587 g/mol. The van der Waals surface area contributed by atoms with Crippen molar-refractivity contribution in [2.24, 2.45) is 0 Å². The number of hydrogen-bond donors (Lipinski definition) is 2. The number of anilines is 3. The number of unbranched alkanes of at least 4 members (excludes halogenated alkanes) is 3. The molecule has 2 N–H and O–H groups in total. The minimum atomic E-state index is -0.147. The van der Waals surface area contributed by atoms with Crippen LogP contribution in [0.3, 0.4) is 0 Å². The maximum absolute atomic E-state index is 11.2. The van der Waals surface area contributed by atoms with Gasteiger partial charge in [-0.3, -0.25) is 4.79 Å². The van der Waals surface area contributed by atoms with Crippen molar-refractivity contribution in [1.82, 2.24) is 19.5 Å². The summed E-state index contributed by atoms with van der Waals surface area (Å²) < 4.78 is 18.0. The zero-order valence-electron chi connectivity index (χ0n) is 25.2. The predicted molar refractivity (Wildman–Crippen MR) is 168 cm³/mol. The Bertz CT molecular complexity index is 1450. The van der Waals surface area contributed by atoms with Gasteiger partial charge in [-0.1, -0.05) is 44.2 Å². The van der Waals surface area contributed by atoms with Crippen LogP contribution in [0.2, 0.25) is 0 Å². The fraction of sp³-hybridized carbons (Fsp3) is 0.455. The largest absolute Gasteiger partial charge is 0.497 e. The molecule has 2 aromatic heterocycles. The van der Waals surface area contributed by atoms with E-state index in [0.29, 0.717) is 31.6 Å². The van der Waals surface area contributed by atoms with Crippen molar-refractivity contribution in [2.45, 2.75) is 76.8 Å². The van der Waals surface area contributed by atoms with Crippen LogP contribution in [0.1, 0.15) is 69.8 Å². The van der Waals surface area contributed by atoms with Crippen molar-refractivity contribution >= 4 is 34.6 Å². The van der Waals surface area contributed by atoms with E-state index in [4.69, 9.17) is 24.4 Å². The van der Waals surface area contributed by atoms with E-state index in [1.165, 1.54) is 26.4 Å². The van der Waals surface area contributed by atoms with Crippen molar-refractivity contribution in [3.8, 4) is 11.5 Å². The van der Waals surface area contributed by atoms with Crippen LogP contribution >= 0.6 is 0 Å². The summed E-state index contributed by atoms with van der Waals surface area (Å²) in [6.07, 6.45) is 12.1. The summed E-state index contributed by atoms with van der Waals surface area (Å²) in [6.45, 7) is 1.27. The number of methoxy groups -OCH3 is 2. The topological polar surface area (TPSA) is 112 Å². The van der Waals surface area contributed by atoms with E-state index in [9.17, 15) is 4.79 Å². The molecule has 2 heterocycles. The number of carbonyl (C=O) groups is 1. The molecule has 1 aliphatic carbocycles. The quantitative estimate of drug-likeness (QED) is 0.114. The molecule has 10 heteroatoms. The Labute approximate surface area is 253 Å². The standard InChI is InChI=1S/C33H42N6O4/c1-41-27-17-13-24(14-18-27)22-39-23-34-30-31(35-25-10-6-5-7-11-25)37-33(38-32(30)39)36-26-15-19-28(20-16-26)43-21-9-4-3-8-12-29(40)42-2/h13-20,23,25H,3-12,21-22H2,1-2H3,(H2,35,36,37,38). The van der Waals surface area contributed by atoms with E-state index < -0.39 is 0 Å². The summed E-state index contributed by atoms with van der Waals surface area (Å²) in [7, 11) is 3.10. The lowest BCUT2D eigenvalue weighted by Crippen LogP contribution is -2.23. The lowest BCUT2D eigenvalue weighted by atomic mass is 9.95. The van der Waals surface area contributed by atoms with Gasteiger partial charge in [0.1, 0.15) is 11.5 Å². The maximum atomic E-state index is 11.2. The number of hydrogen-bond acceptors (Lipinski definition) is 9. The molecule has 1 aliphatic rings. The Kier molecular flexibility index (Phi) is 10.7. The van der Waals surface area contributed by atoms with E-state index >= 15 is 0 Å². The summed E-state index contributed by atoms with van der Waals surface area (Å²) in [6, 6.07) is 16.3.